The van der Waals surface area contributed by atoms with Crippen molar-refractivity contribution in [3.8, 4) is 0 Å². The molecule has 0 saturated heterocycles. The van der Waals surface area contributed by atoms with Crippen molar-refractivity contribution in [3.05, 3.63) is 47.9 Å². The Kier molecular flexibility index (Phi) is 7.92. The van der Waals surface area contributed by atoms with Crippen molar-refractivity contribution < 1.29 is 26.1 Å². The van der Waals surface area contributed by atoms with Crippen LogP contribution in [0, 0.1) is 5.92 Å². The zero-order valence-corrected chi connectivity index (χ0v) is 17.8. The molecular formula is C19H21F3N4O3S2. The number of halogens is 3. The van der Waals surface area contributed by atoms with Gasteiger partial charge >= 0.3 is 16.9 Å². The molecule has 4 N–H and O–H groups in total. The van der Waals surface area contributed by atoms with E-state index in [9.17, 15) is 17.4 Å². The van der Waals surface area contributed by atoms with Crippen LogP contribution in [-0.2, 0) is 15.5 Å². The largest absolute Gasteiger partial charge is 0.446 e. The van der Waals surface area contributed by atoms with Crippen molar-refractivity contribution in [2.24, 2.45) is 11.7 Å². The molecule has 3 rings (SSSR count). The molecule has 12 heteroatoms. The second kappa shape index (κ2) is 10.4. The van der Waals surface area contributed by atoms with Gasteiger partial charge in [0.1, 0.15) is 5.82 Å². The van der Waals surface area contributed by atoms with Crippen molar-refractivity contribution in [1.82, 2.24) is 9.97 Å². The summed E-state index contributed by atoms with van der Waals surface area (Å²) in [6.07, 6.45) is 5.58. The third kappa shape index (κ3) is 7.80. The van der Waals surface area contributed by atoms with Crippen LogP contribution in [0.3, 0.4) is 0 Å². The third-order valence-corrected chi connectivity index (χ3v) is 5.72. The maximum absolute atomic E-state index is 12.6. The number of rotatable bonds is 8. The van der Waals surface area contributed by atoms with E-state index in [2.05, 4.69) is 15.3 Å². The lowest BCUT2D eigenvalue weighted by Crippen LogP contribution is -2.18. The Balaban J connectivity index is 1.64. The molecular weight excluding hydrogens is 453 g/mol. The monoisotopic (exact) mass is 474 g/mol. The van der Waals surface area contributed by atoms with Crippen molar-refractivity contribution >= 4 is 40.7 Å². The van der Waals surface area contributed by atoms with E-state index in [1.807, 2.05) is 0 Å². The first-order valence-corrected chi connectivity index (χ1v) is 11.2. The summed E-state index contributed by atoms with van der Waals surface area (Å²) in [5.41, 5.74) is 2.37. The maximum atomic E-state index is 12.6. The number of aromatic nitrogens is 2. The second-order valence-electron chi connectivity index (χ2n) is 7.00. The Morgan fingerprint density at radius 2 is 2.19 bits per heavy atom. The molecule has 0 aliphatic heterocycles. The van der Waals surface area contributed by atoms with E-state index in [1.54, 1.807) is 18.3 Å². The second-order valence-corrected chi connectivity index (χ2v) is 8.81. The van der Waals surface area contributed by atoms with Crippen molar-refractivity contribution in [2.45, 2.75) is 35.7 Å². The fourth-order valence-corrected chi connectivity index (χ4v) is 4.25. The lowest BCUT2D eigenvalue weighted by Gasteiger charge is -2.14. The van der Waals surface area contributed by atoms with Gasteiger partial charge in [-0.3, -0.25) is 8.74 Å². The Labute approximate surface area is 184 Å². The molecule has 2 aromatic rings. The minimum absolute atomic E-state index is 0.0440. The van der Waals surface area contributed by atoms with Gasteiger partial charge in [-0.25, -0.2) is 9.97 Å². The summed E-state index contributed by atoms with van der Waals surface area (Å²) in [5, 5.41) is 3.30. The Morgan fingerprint density at radius 1 is 1.39 bits per heavy atom. The highest BCUT2D eigenvalue weighted by atomic mass is 32.2. The van der Waals surface area contributed by atoms with Crippen LogP contribution in [0.4, 0.5) is 19.0 Å². The van der Waals surface area contributed by atoms with Gasteiger partial charge in [-0.1, -0.05) is 12.1 Å². The van der Waals surface area contributed by atoms with E-state index in [4.69, 9.17) is 14.5 Å². The lowest BCUT2D eigenvalue weighted by molar-refractivity contribution is -0.0328. The SMILES string of the molecule is NC(=Cc1nccc(N[C@H]2CC[C@@H](COS(=O)O)C2)n1)c1cccc(SC(F)(F)F)c1. The number of hydrogen-bond donors (Lipinski definition) is 3. The molecule has 0 spiro atoms. The van der Waals surface area contributed by atoms with Crippen LogP contribution in [-0.4, -0.2) is 36.9 Å². The molecule has 1 aromatic heterocycles. The van der Waals surface area contributed by atoms with Crippen molar-refractivity contribution in [3.63, 3.8) is 0 Å². The molecule has 0 amide bonds. The molecule has 7 nitrogen and oxygen atoms in total. The highest BCUT2D eigenvalue weighted by Gasteiger charge is 2.29. The molecule has 1 saturated carbocycles. The minimum atomic E-state index is -4.37. The zero-order chi connectivity index (χ0) is 22.4. The topological polar surface area (TPSA) is 110 Å². The van der Waals surface area contributed by atoms with Crippen LogP contribution in [0.1, 0.15) is 30.7 Å². The summed E-state index contributed by atoms with van der Waals surface area (Å²) < 4.78 is 61.9. The van der Waals surface area contributed by atoms with Gasteiger partial charge in [-0.2, -0.15) is 17.4 Å². The lowest BCUT2D eigenvalue weighted by atomic mass is 10.1. The number of hydrogen-bond acceptors (Lipinski definition) is 7. The molecule has 1 heterocycles. The van der Waals surface area contributed by atoms with E-state index in [-0.39, 0.29) is 40.9 Å². The molecule has 0 radical (unpaired) electrons. The molecule has 31 heavy (non-hydrogen) atoms. The predicted octanol–water partition coefficient (Wildman–Crippen LogP) is 4.28. The first-order chi connectivity index (χ1) is 14.7. The first-order valence-electron chi connectivity index (χ1n) is 9.35. The van der Waals surface area contributed by atoms with Crippen LogP contribution >= 0.6 is 11.8 Å². The minimum Gasteiger partial charge on any atom is -0.398 e. The number of anilines is 1. The summed E-state index contributed by atoms with van der Waals surface area (Å²) in [5.74, 6) is 1.10. The Bertz CT molecular complexity index is 959. The molecule has 1 aromatic carbocycles. The Hall–Kier alpha value is -2.15. The Morgan fingerprint density at radius 3 is 2.94 bits per heavy atom. The van der Waals surface area contributed by atoms with Crippen LogP contribution in [0.25, 0.3) is 11.8 Å². The predicted molar refractivity (Wildman–Crippen MR) is 114 cm³/mol. The van der Waals surface area contributed by atoms with Gasteiger partial charge in [0.25, 0.3) is 0 Å². The standard InChI is InChI=1S/C19H21F3N4O3S2/c20-19(21,22)30-15-3-1-2-13(9-15)16(23)10-18-24-7-6-17(26-18)25-14-5-4-12(8-14)11-29-31(27)28/h1-3,6-7,9-10,12,14H,4-5,8,11,23H2,(H,27,28)(H,24,25,26)/t12-,14+/m1/s1. The molecule has 1 aliphatic rings. The molecule has 0 bridgehead atoms. The highest BCUT2D eigenvalue weighted by Crippen LogP contribution is 2.37. The summed E-state index contributed by atoms with van der Waals surface area (Å²) in [4.78, 5) is 8.59. The normalized spacial score (nSPS) is 20.6. The van der Waals surface area contributed by atoms with Gasteiger partial charge in [0.2, 0.25) is 0 Å². The number of nitrogens with one attached hydrogen (secondary N) is 1. The molecule has 168 valence electrons. The summed E-state index contributed by atoms with van der Waals surface area (Å²) in [6.45, 7) is 0.223. The molecule has 3 atom stereocenters. The smallest absolute Gasteiger partial charge is 0.398 e. The summed E-state index contributed by atoms with van der Waals surface area (Å²) in [7, 11) is 0. The van der Waals surface area contributed by atoms with Gasteiger partial charge in [0.15, 0.2) is 5.82 Å². The quantitative estimate of drug-likeness (QED) is 0.384. The van der Waals surface area contributed by atoms with Gasteiger partial charge in [0, 0.05) is 28.9 Å². The third-order valence-electron chi connectivity index (χ3n) is 4.66. The zero-order valence-electron chi connectivity index (χ0n) is 16.2. The van der Waals surface area contributed by atoms with Gasteiger partial charge in [0.05, 0.1) is 6.61 Å². The average molecular weight is 475 g/mol. The van der Waals surface area contributed by atoms with E-state index < -0.39 is 16.9 Å². The number of benzene rings is 1. The summed E-state index contributed by atoms with van der Waals surface area (Å²) >= 11 is -2.46. The van der Waals surface area contributed by atoms with Crippen LogP contribution in [0.5, 0.6) is 0 Å². The molecule has 1 unspecified atom stereocenters. The van der Waals surface area contributed by atoms with Crippen molar-refractivity contribution in [2.75, 3.05) is 11.9 Å². The number of alkyl halides is 3. The number of nitrogens with zero attached hydrogens (tertiary/aromatic N) is 2. The fraction of sp³-hybridized carbons (Fsp3) is 0.368. The first kappa shape index (κ1) is 23.5. The van der Waals surface area contributed by atoms with Crippen LogP contribution < -0.4 is 11.1 Å². The molecule has 1 fully saturated rings. The maximum Gasteiger partial charge on any atom is 0.446 e. The van der Waals surface area contributed by atoms with Crippen LogP contribution in [0.15, 0.2) is 41.4 Å². The van der Waals surface area contributed by atoms with E-state index in [0.717, 1.165) is 19.3 Å². The van der Waals surface area contributed by atoms with Gasteiger partial charge in [-0.05, 0) is 60.7 Å². The fourth-order valence-electron chi connectivity index (χ4n) is 3.34. The summed E-state index contributed by atoms with van der Waals surface area (Å²) in [6, 6.07) is 7.71. The van der Waals surface area contributed by atoms with Crippen LogP contribution in [0.2, 0.25) is 0 Å². The molecule has 1 aliphatic carbocycles. The number of thioether (sulfide) groups is 1. The average Bonchev–Trinajstić information content (AvgIpc) is 3.13. The van der Waals surface area contributed by atoms with E-state index in [1.165, 1.54) is 24.3 Å². The van der Waals surface area contributed by atoms with E-state index >= 15 is 0 Å². The van der Waals surface area contributed by atoms with Crippen molar-refractivity contribution in [1.29, 1.82) is 0 Å². The van der Waals surface area contributed by atoms with Gasteiger partial charge in [-0.15, -0.1) is 0 Å². The van der Waals surface area contributed by atoms with Gasteiger partial charge < -0.3 is 11.1 Å². The highest BCUT2D eigenvalue weighted by molar-refractivity contribution is 8.00. The number of nitrogens with two attached hydrogens (primary N) is 1. The van der Waals surface area contributed by atoms with E-state index in [0.29, 0.717) is 17.2 Å².